The molecule has 0 radical (unpaired) electrons. The molecule has 1 aromatic carbocycles. The van der Waals surface area contributed by atoms with E-state index in [0.717, 1.165) is 35.6 Å². The van der Waals surface area contributed by atoms with Crippen molar-refractivity contribution in [3.8, 4) is 17.2 Å². The van der Waals surface area contributed by atoms with Crippen LogP contribution in [0.4, 0.5) is 0 Å². The molecule has 1 aliphatic carbocycles. The minimum absolute atomic E-state index is 0.0885. The highest BCUT2D eigenvalue weighted by atomic mass is 32.2. The van der Waals surface area contributed by atoms with Gasteiger partial charge in [-0.05, 0) is 60.4 Å². The topological polar surface area (TPSA) is 89.9 Å². The number of aliphatic imine (C=N–C) groups is 2. The van der Waals surface area contributed by atoms with Crippen molar-refractivity contribution >= 4 is 40.3 Å². The van der Waals surface area contributed by atoms with Gasteiger partial charge >= 0.3 is 0 Å². The summed E-state index contributed by atoms with van der Waals surface area (Å²) in [5.74, 6) is 1.82. The number of ether oxygens (including phenoxy) is 1. The Hall–Kier alpha value is -2.39. The van der Waals surface area contributed by atoms with Crippen LogP contribution in [-0.4, -0.2) is 39.8 Å². The smallest absolute Gasteiger partial charge is 0.277 e. The summed E-state index contributed by atoms with van der Waals surface area (Å²) in [6, 6.07) is 7.41. The zero-order valence-corrected chi connectivity index (χ0v) is 17.4. The first-order chi connectivity index (χ1) is 14.2. The number of benzene rings is 1. The van der Waals surface area contributed by atoms with Gasteiger partial charge in [-0.1, -0.05) is 23.5 Å². The van der Waals surface area contributed by atoms with Gasteiger partial charge < -0.3 is 9.15 Å². The van der Waals surface area contributed by atoms with Gasteiger partial charge in [0.15, 0.2) is 0 Å². The maximum atomic E-state index is 12.6. The van der Waals surface area contributed by atoms with Crippen molar-refractivity contribution in [1.29, 1.82) is 0 Å². The highest BCUT2D eigenvalue weighted by molar-refractivity contribution is 8.17. The first kappa shape index (κ1) is 18.6. The molecule has 0 bridgehead atoms. The van der Waals surface area contributed by atoms with Crippen LogP contribution in [-0.2, 0) is 4.79 Å². The van der Waals surface area contributed by atoms with Crippen LogP contribution in [0.15, 0.2) is 54.4 Å². The van der Waals surface area contributed by atoms with E-state index in [-0.39, 0.29) is 11.8 Å². The van der Waals surface area contributed by atoms with Gasteiger partial charge in [-0.15, -0.1) is 10.2 Å². The van der Waals surface area contributed by atoms with Gasteiger partial charge in [-0.2, -0.15) is 4.99 Å². The van der Waals surface area contributed by atoms with Crippen LogP contribution in [0, 0.1) is 5.92 Å². The minimum Gasteiger partial charge on any atom is -0.497 e. The summed E-state index contributed by atoms with van der Waals surface area (Å²) < 4.78 is 10.9. The van der Waals surface area contributed by atoms with E-state index in [1.807, 2.05) is 24.3 Å². The van der Waals surface area contributed by atoms with Crippen molar-refractivity contribution in [3.05, 3.63) is 34.7 Å². The second kappa shape index (κ2) is 7.79. The average molecular weight is 427 g/mol. The van der Waals surface area contributed by atoms with Crippen LogP contribution >= 0.6 is 23.5 Å². The first-order valence-corrected chi connectivity index (χ1v) is 11.2. The molecule has 0 saturated carbocycles. The molecule has 0 saturated heterocycles. The van der Waals surface area contributed by atoms with Gasteiger partial charge in [-0.3, -0.25) is 4.79 Å². The number of rotatable bonds is 5. The summed E-state index contributed by atoms with van der Waals surface area (Å²) in [5, 5.41) is 9.48. The molecular weight excluding hydrogens is 408 g/mol. The molecule has 5 rings (SSSR count). The van der Waals surface area contributed by atoms with E-state index in [4.69, 9.17) is 9.15 Å². The second-order valence-corrected chi connectivity index (χ2v) is 8.94. The number of amidine groups is 1. The first-order valence-electron chi connectivity index (χ1n) is 9.42. The van der Waals surface area contributed by atoms with Gasteiger partial charge in [0, 0.05) is 5.56 Å². The molecule has 0 N–H and O–H groups in total. The van der Waals surface area contributed by atoms with Crippen molar-refractivity contribution in [2.45, 2.75) is 30.9 Å². The largest absolute Gasteiger partial charge is 0.497 e. The van der Waals surface area contributed by atoms with Gasteiger partial charge in [0.05, 0.1) is 17.9 Å². The van der Waals surface area contributed by atoms with Gasteiger partial charge in [0.1, 0.15) is 17.5 Å². The Kier molecular flexibility index (Phi) is 5.01. The lowest BCUT2D eigenvalue weighted by atomic mass is 9.89. The lowest BCUT2D eigenvalue weighted by Crippen LogP contribution is -2.26. The lowest BCUT2D eigenvalue weighted by Gasteiger charge is -2.18. The van der Waals surface area contributed by atoms with Crippen molar-refractivity contribution in [1.82, 2.24) is 10.2 Å². The number of fused-ring (bicyclic) bond motifs is 2. The van der Waals surface area contributed by atoms with Crippen molar-refractivity contribution in [3.63, 3.8) is 0 Å². The van der Waals surface area contributed by atoms with E-state index >= 15 is 0 Å². The molecular formula is C20H18N4O3S2. The molecule has 2 aromatic rings. The maximum Gasteiger partial charge on any atom is 0.277 e. The Balaban J connectivity index is 1.26. The van der Waals surface area contributed by atoms with Crippen LogP contribution in [0.2, 0.25) is 0 Å². The number of carbonyl (C=O) groups is 1. The van der Waals surface area contributed by atoms with Crippen molar-refractivity contribution < 1.29 is 13.9 Å². The highest BCUT2D eigenvalue weighted by Gasteiger charge is 2.40. The van der Waals surface area contributed by atoms with E-state index in [9.17, 15) is 4.79 Å². The fraction of sp³-hybridized carbons (Fsp3) is 0.350. The number of allylic oxidation sites excluding steroid dienone is 1. The van der Waals surface area contributed by atoms with Crippen molar-refractivity contribution in [2.24, 2.45) is 15.9 Å². The van der Waals surface area contributed by atoms with Crippen LogP contribution in [0.3, 0.4) is 0 Å². The summed E-state index contributed by atoms with van der Waals surface area (Å²) in [6.45, 7) is 0. The molecule has 3 heterocycles. The molecule has 7 nitrogen and oxygen atoms in total. The number of carbonyl (C=O) groups excluding carboxylic acids is 1. The van der Waals surface area contributed by atoms with E-state index < -0.39 is 0 Å². The monoisotopic (exact) mass is 426 g/mol. The molecule has 0 fully saturated rings. The zero-order chi connectivity index (χ0) is 19.8. The third-order valence-corrected chi connectivity index (χ3v) is 7.14. The van der Waals surface area contributed by atoms with Crippen LogP contribution in [0.1, 0.15) is 25.7 Å². The van der Waals surface area contributed by atoms with E-state index in [0.29, 0.717) is 22.7 Å². The molecule has 1 aromatic heterocycles. The Bertz CT molecular complexity index is 1060. The SMILES string of the molecule is COc1ccc(-c2nnc(SCC3=NC(=O)C4C(=N3)SC3=C4CCCC3)o2)cc1. The normalized spacial score (nSPS) is 20.9. The molecule has 1 atom stereocenters. The molecule has 29 heavy (non-hydrogen) atoms. The lowest BCUT2D eigenvalue weighted by molar-refractivity contribution is -0.118. The fourth-order valence-corrected chi connectivity index (χ4v) is 5.63. The summed E-state index contributed by atoms with van der Waals surface area (Å²) in [6.07, 6.45) is 4.39. The Labute approximate surface area is 176 Å². The van der Waals surface area contributed by atoms with Crippen molar-refractivity contribution in [2.75, 3.05) is 12.9 Å². The molecule has 3 aliphatic rings. The quantitative estimate of drug-likeness (QED) is 0.656. The number of hydrogen-bond acceptors (Lipinski definition) is 8. The highest BCUT2D eigenvalue weighted by Crippen LogP contribution is 2.47. The zero-order valence-electron chi connectivity index (χ0n) is 15.8. The number of hydrogen-bond donors (Lipinski definition) is 0. The third-order valence-electron chi connectivity index (χ3n) is 5.07. The van der Waals surface area contributed by atoms with Crippen LogP contribution in [0.5, 0.6) is 5.75 Å². The predicted molar refractivity (Wildman–Crippen MR) is 113 cm³/mol. The van der Waals surface area contributed by atoms with E-state index in [1.54, 1.807) is 18.9 Å². The average Bonchev–Trinajstić information content (AvgIpc) is 3.37. The summed E-state index contributed by atoms with van der Waals surface area (Å²) in [5.41, 5.74) is 2.07. The maximum absolute atomic E-state index is 12.6. The van der Waals surface area contributed by atoms with E-state index in [2.05, 4.69) is 20.2 Å². The van der Waals surface area contributed by atoms with E-state index in [1.165, 1.54) is 28.7 Å². The third kappa shape index (κ3) is 3.64. The summed E-state index contributed by atoms with van der Waals surface area (Å²) >= 11 is 3.00. The molecule has 148 valence electrons. The molecule has 2 aliphatic heterocycles. The number of methoxy groups -OCH3 is 1. The number of thioether (sulfide) groups is 2. The summed E-state index contributed by atoms with van der Waals surface area (Å²) in [7, 11) is 1.62. The number of aromatic nitrogens is 2. The number of nitrogens with zero attached hydrogens (tertiary/aromatic N) is 4. The summed E-state index contributed by atoms with van der Waals surface area (Å²) in [4.78, 5) is 22.8. The van der Waals surface area contributed by atoms with Gasteiger partial charge in [0.2, 0.25) is 5.89 Å². The minimum atomic E-state index is -0.228. The standard InChI is InChI=1S/C20H18N4O3S2/c1-26-12-8-6-11(7-9-12)18-23-24-20(27-18)28-10-15-21-17(25)16-13-4-2-3-5-14(13)29-19(16)22-15/h6-9,16H,2-5,10H2,1H3. The van der Waals surface area contributed by atoms with Gasteiger partial charge in [-0.25, -0.2) is 4.99 Å². The molecule has 0 spiro atoms. The fourth-order valence-electron chi connectivity index (χ4n) is 3.65. The molecule has 1 unspecified atom stereocenters. The van der Waals surface area contributed by atoms with Crippen LogP contribution < -0.4 is 4.74 Å². The Morgan fingerprint density at radius 2 is 2.00 bits per heavy atom. The Morgan fingerprint density at radius 1 is 1.17 bits per heavy atom. The van der Waals surface area contributed by atoms with Crippen LogP contribution in [0.25, 0.3) is 11.5 Å². The number of amides is 1. The predicted octanol–water partition coefficient (Wildman–Crippen LogP) is 4.37. The second-order valence-electron chi connectivity index (χ2n) is 6.90. The molecule has 1 amide bonds. The van der Waals surface area contributed by atoms with Gasteiger partial charge in [0.25, 0.3) is 11.1 Å². The Morgan fingerprint density at radius 3 is 2.83 bits per heavy atom. The molecule has 9 heteroatoms.